The van der Waals surface area contributed by atoms with E-state index in [1.165, 1.54) is 12.8 Å². The number of hydrogen-bond acceptors (Lipinski definition) is 6. The second-order valence-electron chi connectivity index (χ2n) is 8.63. The van der Waals surface area contributed by atoms with Crippen LogP contribution in [0.4, 0.5) is 0 Å². The highest BCUT2D eigenvalue weighted by Gasteiger charge is 2.26. The lowest BCUT2D eigenvalue weighted by atomic mass is 10.2. The van der Waals surface area contributed by atoms with Crippen molar-refractivity contribution >= 4 is 40.1 Å². The Morgan fingerprint density at radius 3 is 2.68 bits per heavy atom. The maximum atomic E-state index is 11.4. The molecule has 7 nitrogen and oxygen atoms in total. The molecule has 0 amide bonds. The summed E-state index contributed by atoms with van der Waals surface area (Å²) in [5, 5.41) is 2.03. The van der Waals surface area contributed by atoms with Crippen LogP contribution in [-0.2, 0) is 13.6 Å². The molecule has 0 unspecified atom stereocenters. The molecule has 0 radical (unpaired) electrons. The van der Waals surface area contributed by atoms with Gasteiger partial charge in [0.1, 0.15) is 28.2 Å². The Labute approximate surface area is 200 Å². The van der Waals surface area contributed by atoms with Gasteiger partial charge in [-0.1, -0.05) is 11.8 Å². The van der Waals surface area contributed by atoms with Crippen LogP contribution in [-0.4, -0.2) is 37.5 Å². The standard InChI is InChI=1S/C26H23N5O2S/c1-30-24-20(11-17(15-32)12-22(24)33-2)28-26(30)21-13-18-5-6-23(34-19-7-9-27-10-8-19)29-25(18)31(21)14-16-3-4-16/h5-13,15-16H,3-4,14H2,1-2H3. The lowest BCUT2D eigenvalue weighted by Gasteiger charge is -2.11. The maximum absolute atomic E-state index is 11.4. The topological polar surface area (TPSA) is 74.8 Å². The molecule has 0 spiro atoms. The number of fused-ring (bicyclic) bond motifs is 2. The van der Waals surface area contributed by atoms with Gasteiger partial charge in [-0.05, 0) is 61.2 Å². The second kappa shape index (κ2) is 8.29. The Balaban J connectivity index is 1.52. The minimum atomic E-state index is 0.548. The van der Waals surface area contributed by atoms with E-state index in [-0.39, 0.29) is 0 Å². The third kappa shape index (κ3) is 3.64. The monoisotopic (exact) mass is 469 g/mol. The molecule has 1 fully saturated rings. The smallest absolute Gasteiger partial charge is 0.157 e. The number of nitrogens with zero attached hydrogens (tertiary/aromatic N) is 5. The average Bonchev–Trinajstić information content (AvgIpc) is 3.54. The van der Waals surface area contributed by atoms with Crippen LogP contribution >= 0.6 is 11.8 Å². The number of pyridine rings is 2. The number of aldehydes is 1. The molecule has 0 saturated heterocycles. The number of aromatic nitrogens is 5. The van der Waals surface area contributed by atoms with Gasteiger partial charge in [-0.15, -0.1) is 0 Å². The summed E-state index contributed by atoms with van der Waals surface area (Å²) < 4.78 is 9.94. The van der Waals surface area contributed by atoms with E-state index in [1.54, 1.807) is 37.3 Å². The Hall–Kier alpha value is -3.65. The van der Waals surface area contributed by atoms with Crippen molar-refractivity contribution in [2.24, 2.45) is 13.0 Å². The van der Waals surface area contributed by atoms with Gasteiger partial charge >= 0.3 is 0 Å². The third-order valence-corrected chi connectivity index (χ3v) is 7.21. The second-order valence-corrected chi connectivity index (χ2v) is 9.73. The molecule has 6 rings (SSSR count). The molecule has 5 aromatic rings. The minimum Gasteiger partial charge on any atom is -0.494 e. The van der Waals surface area contributed by atoms with Crippen LogP contribution in [0.1, 0.15) is 23.2 Å². The van der Waals surface area contributed by atoms with Crippen LogP contribution in [0.25, 0.3) is 33.6 Å². The molecule has 1 aromatic carbocycles. The van der Waals surface area contributed by atoms with Crippen molar-refractivity contribution in [3.63, 3.8) is 0 Å². The summed E-state index contributed by atoms with van der Waals surface area (Å²) in [5.41, 5.74) is 4.15. The van der Waals surface area contributed by atoms with Gasteiger partial charge in [0.25, 0.3) is 0 Å². The van der Waals surface area contributed by atoms with Gasteiger partial charge < -0.3 is 13.9 Å². The van der Waals surface area contributed by atoms with Crippen LogP contribution in [0.2, 0.25) is 0 Å². The van der Waals surface area contributed by atoms with Crippen LogP contribution in [0.3, 0.4) is 0 Å². The van der Waals surface area contributed by atoms with Gasteiger partial charge in [0, 0.05) is 41.8 Å². The molecule has 4 aromatic heterocycles. The van der Waals surface area contributed by atoms with Crippen molar-refractivity contribution in [2.45, 2.75) is 29.3 Å². The summed E-state index contributed by atoms with van der Waals surface area (Å²) in [4.78, 5) is 26.6. The lowest BCUT2D eigenvalue weighted by molar-refractivity contribution is 0.112. The van der Waals surface area contributed by atoms with E-state index in [1.807, 2.05) is 29.8 Å². The van der Waals surface area contributed by atoms with Gasteiger partial charge in [0.15, 0.2) is 5.82 Å². The summed E-state index contributed by atoms with van der Waals surface area (Å²) in [5.74, 6) is 2.14. The predicted molar refractivity (Wildman–Crippen MR) is 132 cm³/mol. The third-order valence-electron chi connectivity index (χ3n) is 6.27. The molecule has 0 atom stereocenters. The first kappa shape index (κ1) is 20.9. The number of rotatable bonds is 7. The normalized spacial score (nSPS) is 13.6. The Morgan fingerprint density at radius 1 is 1.12 bits per heavy atom. The first-order valence-electron chi connectivity index (χ1n) is 11.2. The SMILES string of the molecule is COc1cc(C=O)cc2nc(-c3cc4ccc(Sc5ccncc5)nc4n3CC3CC3)n(C)c12. The summed E-state index contributed by atoms with van der Waals surface area (Å²) >= 11 is 1.63. The number of carbonyl (C=O) groups is 1. The van der Waals surface area contributed by atoms with Gasteiger partial charge in [-0.3, -0.25) is 9.78 Å². The van der Waals surface area contributed by atoms with E-state index in [9.17, 15) is 4.79 Å². The highest BCUT2D eigenvalue weighted by atomic mass is 32.2. The minimum absolute atomic E-state index is 0.548. The summed E-state index contributed by atoms with van der Waals surface area (Å²) in [6.45, 7) is 0.912. The molecule has 0 N–H and O–H groups in total. The van der Waals surface area contributed by atoms with Crippen molar-refractivity contribution in [3.05, 3.63) is 60.4 Å². The summed E-state index contributed by atoms with van der Waals surface area (Å²) in [6.07, 6.45) is 6.90. The molecule has 4 heterocycles. The zero-order valence-corrected chi connectivity index (χ0v) is 19.7. The number of aryl methyl sites for hydroxylation is 1. The van der Waals surface area contributed by atoms with Crippen LogP contribution in [0, 0.1) is 5.92 Å². The van der Waals surface area contributed by atoms with Crippen LogP contribution in [0.5, 0.6) is 5.75 Å². The van der Waals surface area contributed by atoms with Crippen molar-refractivity contribution in [1.82, 2.24) is 24.1 Å². The van der Waals surface area contributed by atoms with Crippen molar-refractivity contribution in [2.75, 3.05) is 7.11 Å². The van der Waals surface area contributed by atoms with E-state index in [2.05, 4.69) is 27.8 Å². The molecular weight excluding hydrogens is 446 g/mol. The quantitative estimate of drug-likeness (QED) is 0.299. The molecular formula is C26H23N5O2S. The molecule has 8 heteroatoms. The number of imidazole rings is 1. The van der Waals surface area contributed by atoms with Crippen molar-refractivity contribution < 1.29 is 9.53 Å². The highest BCUT2D eigenvalue weighted by Crippen LogP contribution is 2.38. The fourth-order valence-electron chi connectivity index (χ4n) is 4.41. The summed E-state index contributed by atoms with van der Waals surface area (Å²) in [7, 11) is 3.61. The Bertz CT molecular complexity index is 1540. The first-order valence-corrected chi connectivity index (χ1v) is 12.0. The van der Waals surface area contributed by atoms with E-state index in [0.717, 1.165) is 56.3 Å². The van der Waals surface area contributed by atoms with Crippen molar-refractivity contribution in [3.8, 4) is 17.3 Å². The van der Waals surface area contributed by atoms with Gasteiger partial charge in [0.05, 0.1) is 18.3 Å². The molecule has 0 bridgehead atoms. The number of methoxy groups -OCH3 is 1. The summed E-state index contributed by atoms with van der Waals surface area (Å²) in [6, 6.07) is 13.9. The zero-order valence-electron chi connectivity index (χ0n) is 18.9. The van der Waals surface area contributed by atoms with E-state index in [0.29, 0.717) is 17.2 Å². The molecule has 1 aliphatic carbocycles. The van der Waals surface area contributed by atoms with Gasteiger partial charge in [0.2, 0.25) is 0 Å². The first-order chi connectivity index (χ1) is 16.6. The predicted octanol–water partition coefficient (Wildman–Crippen LogP) is 5.37. The Kier molecular flexibility index (Phi) is 5.10. The number of ether oxygens (including phenoxy) is 1. The molecule has 1 aliphatic rings. The fourth-order valence-corrected chi connectivity index (χ4v) is 5.17. The number of benzene rings is 1. The largest absolute Gasteiger partial charge is 0.494 e. The van der Waals surface area contributed by atoms with E-state index in [4.69, 9.17) is 14.7 Å². The van der Waals surface area contributed by atoms with E-state index < -0.39 is 0 Å². The van der Waals surface area contributed by atoms with Crippen molar-refractivity contribution in [1.29, 1.82) is 0 Å². The van der Waals surface area contributed by atoms with Crippen LogP contribution in [0.15, 0.2) is 64.8 Å². The Morgan fingerprint density at radius 2 is 1.94 bits per heavy atom. The zero-order chi connectivity index (χ0) is 23.2. The van der Waals surface area contributed by atoms with Gasteiger partial charge in [-0.2, -0.15) is 0 Å². The highest BCUT2D eigenvalue weighted by molar-refractivity contribution is 7.99. The lowest BCUT2D eigenvalue weighted by Crippen LogP contribution is -2.05. The van der Waals surface area contributed by atoms with Gasteiger partial charge in [-0.25, -0.2) is 9.97 Å². The van der Waals surface area contributed by atoms with Crippen LogP contribution < -0.4 is 4.74 Å². The average molecular weight is 470 g/mol. The molecule has 0 aliphatic heterocycles. The van der Waals surface area contributed by atoms with E-state index >= 15 is 0 Å². The maximum Gasteiger partial charge on any atom is 0.157 e. The molecule has 170 valence electrons. The number of carbonyl (C=O) groups excluding carboxylic acids is 1. The molecule has 34 heavy (non-hydrogen) atoms. The molecule has 1 saturated carbocycles. The fraction of sp³-hybridized carbons (Fsp3) is 0.231. The number of hydrogen-bond donors (Lipinski definition) is 0.